The lowest BCUT2D eigenvalue weighted by atomic mass is 10.1. The van der Waals surface area contributed by atoms with Gasteiger partial charge in [-0.1, -0.05) is 29.8 Å². The minimum absolute atomic E-state index is 0.190. The van der Waals surface area contributed by atoms with E-state index in [4.69, 9.17) is 11.6 Å². The average molecular weight is 328 g/mol. The summed E-state index contributed by atoms with van der Waals surface area (Å²) in [6.07, 6.45) is 5.47. The summed E-state index contributed by atoms with van der Waals surface area (Å²) in [6.45, 7) is 0.190. The number of hydrogen-bond donors (Lipinski definition) is 1. The fourth-order valence-corrected chi connectivity index (χ4v) is 2.59. The first kappa shape index (κ1) is 15.4. The molecule has 0 aliphatic heterocycles. The molecule has 0 spiro atoms. The summed E-state index contributed by atoms with van der Waals surface area (Å²) in [5, 5.41) is 10.9. The first-order chi connectivity index (χ1) is 11.2. The van der Waals surface area contributed by atoms with E-state index in [1.54, 1.807) is 59.6 Å². The van der Waals surface area contributed by atoms with Crippen molar-refractivity contribution in [2.75, 3.05) is 0 Å². The minimum Gasteiger partial charge on any atom is -0.386 e. The predicted octanol–water partition coefficient (Wildman–Crippen LogP) is 2.90. The van der Waals surface area contributed by atoms with Crippen molar-refractivity contribution in [1.29, 1.82) is 0 Å². The highest BCUT2D eigenvalue weighted by atomic mass is 35.5. The number of halogens is 1. The fraction of sp³-hybridized carbons (Fsp3) is 0.118. The number of aliphatic hydroxyl groups is 1. The second-order valence-electron chi connectivity index (χ2n) is 5.01. The summed E-state index contributed by atoms with van der Waals surface area (Å²) < 4.78 is 1.62. The van der Waals surface area contributed by atoms with Crippen LogP contribution in [0.15, 0.2) is 61.2 Å². The van der Waals surface area contributed by atoms with Crippen molar-refractivity contribution in [3.8, 4) is 0 Å². The van der Waals surface area contributed by atoms with Crippen molar-refractivity contribution in [2.24, 2.45) is 0 Å². The second-order valence-corrected chi connectivity index (χ2v) is 5.41. The van der Waals surface area contributed by atoms with Gasteiger partial charge in [-0.05, 0) is 18.2 Å². The summed E-state index contributed by atoms with van der Waals surface area (Å²) >= 11 is 6.10. The van der Waals surface area contributed by atoms with Crippen LogP contribution in [0.5, 0.6) is 0 Å². The number of ketones is 1. The highest BCUT2D eigenvalue weighted by Crippen LogP contribution is 2.24. The van der Waals surface area contributed by atoms with Crippen molar-refractivity contribution in [3.05, 3.63) is 83.2 Å². The fourth-order valence-electron chi connectivity index (χ4n) is 2.33. The Morgan fingerprint density at radius 1 is 1.17 bits per heavy atom. The predicted molar refractivity (Wildman–Crippen MR) is 86.3 cm³/mol. The number of carbonyl (C=O) groups is 1. The van der Waals surface area contributed by atoms with E-state index in [9.17, 15) is 9.90 Å². The summed E-state index contributed by atoms with van der Waals surface area (Å²) in [6, 6.07) is 10.3. The van der Waals surface area contributed by atoms with Gasteiger partial charge in [0.2, 0.25) is 5.78 Å². The highest BCUT2D eigenvalue weighted by Gasteiger charge is 2.18. The van der Waals surface area contributed by atoms with Gasteiger partial charge in [0.05, 0.1) is 12.6 Å². The quantitative estimate of drug-likeness (QED) is 0.732. The van der Waals surface area contributed by atoms with Crippen molar-refractivity contribution in [2.45, 2.75) is 12.6 Å². The summed E-state index contributed by atoms with van der Waals surface area (Å²) in [4.78, 5) is 20.5. The molecule has 1 aromatic carbocycles. The van der Waals surface area contributed by atoms with E-state index in [-0.39, 0.29) is 18.2 Å². The van der Waals surface area contributed by atoms with E-state index in [1.165, 1.54) is 6.20 Å². The first-order valence-electron chi connectivity index (χ1n) is 7.05. The SMILES string of the molecule is O=C(c1ccncc1)c1nccn1CC(O)c1ccccc1Cl. The molecule has 6 heteroatoms. The van der Waals surface area contributed by atoms with Gasteiger partial charge < -0.3 is 9.67 Å². The Labute approximate surface area is 138 Å². The van der Waals surface area contributed by atoms with Gasteiger partial charge in [0.25, 0.3) is 0 Å². The summed E-state index contributed by atoms with van der Waals surface area (Å²) in [5.41, 5.74) is 1.12. The minimum atomic E-state index is -0.832. The molecule has 5 nitrogen and oxygen atoms in total. The van der Waals surface area contributed by atoms with E-state index in [0.717, 1.165) is 0 Å². The largest absolute Gasteiger partial charge is 0.386 e. The molecule has 1 atom stereocenters. The van der Waals surface area contributed by atoms with Crippen LogP contribution < -0.4 is 0 Å². The molecule has 0 bridgehead atoms. The van der Waals surface area contributed by atoms with Crippen molar-refractivity contribution >= 4 is 17.4 Å². The van der Waals surface area contributed by atoms with Crippen molar-refractivity contribution in [3.63, 3.8) is 0 Å². The van der Waals surface area contributed by atoms with E-state index < -0.39 is 6.10 Å². The second kappa shape index (κ2) is 6.73. The summed E-state index contributed by atoms with van der Waals surface area (Å²) in [7, 11) is 0. The molecule has 0 aliphatic rings. The lowest BCUT2D eigenvalue weighted by molar-refractivity contribution is 0.101. The monoisotopic (exact) mass is 327 g/mol. The Hall–Kier alpha value is -2.50. The number of carbonyl (C=O) groups excluding carboxylic acids is 1. The number of imidazole rings is 1. The molecule has 116 valence electrons. The summed E-state index contributed by atoms with van der Waals surface area (Å²) in [5.74, 6) is 0.0473. The Kier molecular flexibility index (Phi) is 4.50. The van der Waals surface area contributed by atoms with Crippen LogP contribution in [0.2, 0.25) is 5.02 Å². The van der Waals surface area contributed by atoms with Gasteiger partial charge in [0, 0.05) is 40.9 Å². The molecule has 0 radical (unpaired) electrons. The first-order valence-corrected chi connectivity index (χ1v) is 7.43. The van der Waals surface area contributed by atoms with Crippen LogP contribution in [0, 0.1) is 0 Å². The van der Waals surface area contributed by atoms with Crippen molar-refractivity contribution < 1.29 is 9.90 Å². The Morgan fingerprint density at radius 2 is 1.91 bits per heavy atom. The third-order valence-corrected chi connectivity index (χ3v) is 3.84. The van der Waals surface area contributed by atoms with E-state index in [1.807, 2.05) is 0 Å². The van der Waals surface area contributed by atoms with Gasteiger partial charge in [-0.3, -0.25) is 9.78 Å². The Bertz CT molecular complexity index is 817. The lowest BCUT2D eigenvalue weighted by Crippen LogP contribution is -2.15. The zero-order valence-corrected chi connectivity index (χ0v) is 12.9. The molecule has 2 aromatic heterocycles. The van der Waals surface area contributed by atoms with Crippen molar-refractivity contribution in [1.82, 2.24) is 14.5 Å². The molecule has 0 saturated heterocycles. The van der Waals surface area contributed by atoms with Gasteiger partial charge in [-0.25, -0.2) is 4.98 Å². The molecule has 2 heterocycles. The third-order valence-electron chi connectivity index (χ3n) is 3.49. The molecular formula is C17H14ClN3O2. The number of rotatable bonds is 5. The molecule has 0 aliphatic carbocycles. The van der Waals surface area contributed by atoms with Crippen LogP contribution in [0.1, 0.15) is 27.8 Å². The van der Waals surface area contributed by atoms with Crippen LogP contribution in [0.25, 0.3) is 0 Å². The average Bonchev–Trinajstić information content (AvgIpc) is 3.03. The molecule has 0 saturated carbocycles. The lowest BCUT2D eigenvalue weighted by Gasteiger charge is -2.15. The molecule has 3 rings (SSSR count). The maximum absolute atomic E-state index is 12.5. The van der Waals surface area contributed by atoms with Crippen LogP contribution in [0.3, 0.4) is 0 Å². The van der Waals surface area contributed by atoms with Gasteiger partial charge in [0.1, 0.15) is 0 Å². The number of hydrogen-bond acceptors (Lipinski definition) is 4. The maximum Gasteiger partial charge on any atom is 0.228 e. The molecule has 3 aromatic rings. The maximum atomic E-state index is 12.5. The van der Waals surface area contributed by atoms with Gasteiger partial charge >= 0.3 is 0 Å². The standard InChI is InChI=1S/C17H14ClN3O2/c18-14-4-2-1-3-13(14)15(22)11-21-10-9-20-17(21)16(23)12-5-7-19-8-6-12/h1-10,15,22H,11H2. The van der Waals surface area contributed by atoms with E-state index >= 15 is 0 Å². The Balaban J connectivity index is 1.84. The molecule has 0 fully saturated rings. The molecule has 1 unspecified atom stereocenters. The molecular weight excluding hydrogens is 314 g/mol. The zero-order chi connectivity index (χ0) is 16.2. The van der Waals surface area contributed by atoms with Gasteiger partial charge in [-0.2, -0.15) is 0 Å². The van der Waals surface area contributed by atoms with E-state index in [0.29, 0.717) is 16.1 Å². The normalized spacial score (nSPS) is 12.1. The number of aliphatic hydroxyl groups excluding tert-OH is 1. The smallest absolute Gasteiger partial charge is 0.228 e. The number of pyridine rings is 1. The number of aromatic nitrogens is 3. The van der Waals surface area contributed by atoms with Gasteiger partial charge in [0.15, 0.2) is 5.82 Å². The van der Waals surface area contributed by atoms with Crippen LogP contribution in [0.4, 0.5) is 0 Å². The molecule has 23 heavy (non-hydrogen) atoms. The van der Waals surface area contributed by atoms with E-state index in [2.05, 4.69) is 9.97 Å². The Morgan fingerprint density at radius 3 is 2.65 bits per heavy atom. The van der Waals surface area contributed by atoms with Crippen LogP contribution >= 0.6 is 11.6 Å². The molecule has 0 amide bonds. The third kappa shape index (κ3) is 3.31. The van der Waals surface area contributed by atoms with Gasteiger partial charge in [-0.15, -0.1) is 0 Å². The highest BCUT2D eigenvalue weighted by molar-refractivity contribution is 6.31. The number of nitrogens with zero attached hydrogens (tertiary/aromatic N) is 3. The van der Waals surface area contributed by atoms with Crippen LogP contribution in [-0.2, 0) is 6.54 Å². The zero-order valence-electron chi connectivity index (χ0n) is 12.1. The topological polar surface area (TPSA) is 68.0 Å². The van der Waals surface area contributed by atoms with Crippen LogP contribution in [-0.4, -0.2) is 25.4 Å². The molecule has 1 N–H and O–H groups in total. The number of benzene rings is 1.